The van der Waals surface area contributed by atoms with Crippen molar-refractivity contribution in [2.75, 3.05) is 51.0 Å². The van der Waals surface area contributed by atoms with Gasteiger partial charge in [-0.2, -0.15) is 15.0 Å². The lowest BCUT2D eigenvalue weighted by Gasteiger charge is -2.22. The first-order chi connectivity index (χ1) is 10.2. The molecule has 0 bridgehead atoms. The van der Waals surface area contributed by atoms with Crippen LogP contribution in [0.25, 0.3) is 0 Å². The average molecular weight is 319 g/mol. The maximum Gasteiger partial charge on any atom is 0.322 e. The summed E-state index contributed by atoms with van der Waals surface area (Å²) in [5.41, 5.74) is 0. The molecule has 1 aromatic heterocycles. The van der Waals surface area contributed by atoms with Crippen molar-refractivity contribution in [3.8, 4) is 6.01 Å². The van der Waals surface area contributed by atoms with E-state index in [1.54, 1.807) is 0 Å². The van der Waals surface area contributed by atoms with Crippen molar-refractivity contribution < 1.29 is 14.2 Å². The van der Waals surface area contributed by atoms with Crippen LogP contribution >= 0.6 is 11.6 Å². The van der Waals surface area contributed by atoms with E-state index in [-0.39, 0.29) is 11.3 Å². The molecular weight excluding hydrogens is 296 g/mol. The Hall–Kier alpha value is -1.18. The smallest absolute Gasteiger partial charge is 0.322 e. The Bertz CT molecular complexity index is 399. The predicted molar refractivity (Wildman–Crippen MR) is 81.2 cm³/mol. The van der Waals surface area contributed by atoms with Crippen molar-refractivity contribution in [3.05, 3.63) is 5.28 Å². The molecule has 0 fully saturated rings. The lowest BCUT2D eigenvalue weighted by Crippen LogP contribution is -2.32. The van der Waals surface area contributed by atoms with Crippen LogP contribution in [0.3, 0.4) is 0 Å². The number of halogens is 1. The van der Waals surface area contributed by atoms with Crippen molar-refractivity contribution in [1.29, 1.82) is 0 Å². The van der Waals surface area contributed by atoms with Crippen LogP contribution in [0, 0.1) is 0 Å². The number of nitrogens with zero attached hydrogens (tertiary/aromatic N) is 4. The lowest BCUT2D eigenvalue weighted by molar-refractivity contribution is 0.141. The third-order valence-electron chi connectivity index (χ3n) is 2.55. The molecule has 8 heteroatoms. The molecule has 0 saturated carbocycles. The molecule has 0 spiro atoms. The highest BCUT2D eigenvalue weighted by molar-refractivity contribution is 6.28. The molecule has 0 unspecified atom stereocenters. The summed E-state index contributed by atoms with van der Waals surface area (Å²) < 4.78 is 16.1. The highest BCUT2D eigenvalue weighted by atomic mass is 35.5. The van der Waals surface area contributed by atoms with Gasteiger partial charge in [0.2, 0.25) is 11.2 Å². The summed E-state index contributed by atoms with van der Waals surface area (Å²) in [6, 6.07) is 0.227. The van der Waals surface area contributed by atoms with Crippen LogP contribution in [0.4, 0.5) is 5.95 Å². The molecule has 120 valence electrons. The fourth-order valence-corrected chi connectivity index (χ4v) is 1.75. The third kappa shape index (κ3) is 6.88. The van der Waals surface area contributed by atoms with Gasteiger partial charge in [0.1, 0.15) is 0 Å². The van der Waals surface area contributed by atoms with E-state index in [2.05, 4.69) is 15.0 Å². The van der Waals surface area contributed by atoms with E-state index in [4.69, 9.17) is 25.8 Å². The van der Waals surface area contributed by atoms with Gasteiger partial charge in [0, 0.05) is 26.3 Å². The molecule has 0 aliphatic carbocycles. The van der Waals surface area contributed by atoms with Crippen molar-refractivity contribution in [3.63, 3.8) is 0 Å². The molecule has 1 aromatic rings. The van der Waals surface area contributed by atoms with Gasteiger partial charge >= 0.3 is 6.01 Å². The maximum atomic E-state index is 5.92. The Kier molecular flexibility index (Phi) is 8.96. The van der Waals surface area contributed by atoms with E-state index < -0.39 is 0 Å². The quantitative estimate of drug-likeness (QED) is 0.576. The van der Waals surface area contributed by atoms with Gasteiger partial charge in [-0.1, -0.05) is 0 Å². The lowest BCUT2D eigenvalue weighted by atomic mass is 10.5. The van der Waals surface area contributed by atoms with Crippen molar-refractivity contribution in [1.82, 2.24) is 15.0 Å². The van der Waals surface area contributed by atoms with Gasteiger partial charge in [-0.3, -0.25) is 0 Å². The number of anilines is 1. The van der Waals surface area contributed by atoms with Crippen LogP contribution in [0.1, 0.15) is 20.8 Å². The standard InChI is InChI=1S/C13H23ClN4O3/c1-4-19-9-7-18(8-10-20-5-2)12-15-11(14)16-13(17-12)21-6-3/h4-10H2,1-3H3. The molecule has 0 aliphatic rings. The van der Waals surface area contributed by atoms with Gasteiger partial charge < -0.3 is 19.1 Å². The molecular formula is C13H23ClN4O3. The topological polar surface area (TPSA) is 69.6 Å². The van der Waals surface area contributed by atoms with Crippen LogP contribution in [0.2, 0.25) is 5.28 Å². The predicted octanol–water partition coefficient (Wildman–Crippen LogP) is 1.80. The average Bonchev–Trinajstić information content (AvgIpc) is 2.46. The fourth-order valence-electron chi connectivity index (χ4n) is 1.61. The fraction of sp³-hybridized carbons (Fsp3) is 0.769. The summed E-state index contributed by atoms with van der Waals surface area (Å²) in [6.45, 7) is 10.0. The largest absolute Gasteiger partial charge is 0.464 e. The van der Waals surface area contributed by atoms with Gasteiger partial charge in [0.05, 0.1) is 19.8 Å². The molecule has 21 heavy (non-hydrogen) atoms. The first-order valence-electron chi connectivity index (χ1n) is 7.16. The van der Waals surface area contributed by atoms with Crippen LogP contribution in [-0.4, -0.2) is 61.1 Å². The zero-order chi connectivity index (χ0) is 15.5. The van der Waals surface area contributed by atoms with Crippen LogP contribution < -0.4 is 9.64 Å². The first kappa shape index (κ1) is 17.9. The molecule has 0 atom stereocenters. The Labute approximate surface area is 130 Å². The van der Waals surface area contributed by atoms with Crippen molar-refractivity contribution >= 4 is 17.5 Å². The van der Waals surface area contributed by atoms with E-state index in [0.717, 1.165) is 0 Å². The summed E-state index contributed by atoms with van der Waals surface area (Å²) >= 11 is 5.92. The summed E-state index contributed by atoms with van der Waals surface area (Å²) in [5, 5.41) is 0.112. The monoisotopic (exact) mass is 318 g/mol. The molecule has 1 rings (SSSR count). The molecule has 7 nitrogen and oxygen atoms in total. The molecule has 0 radical (unpaired) electrons. The highest BCUT2D eigenvalue weighted by Crippen LogP contribution is 2.15. The molecule has 0 N–H and O–H groups in total. The number of hydrogen-bond acceptors (Lipinski definition) is 7. The van der Waals surface area contributed by atoms with E-state index in [0.29, 0.717) is 52.1 Å². The normalized spacial score (nSPS) is 10.7. The maximum absolute atomic E-state index is 5.92. The Morgan fingerprint density at radius 1 is 0.905 bits per heavy atom. The second-order valence-corrected chi connectivity index (χ2v) is 4.34. The summed E-state index contributed by atoms with van der Waals surface area (Å²) in [6.07, 6.45) is 0. The molecule has 0 amide bonds. The van der Waals surface area contributed by atoms with Gasteiger partial charge in [-0.25, -0.2) is 0 Å². The molecule has 0 saturated heterocycles. The Balaban J connectivity index is 2.78. The number of ether oxygens (including phenoxy) is 3. The second kappa shape index (κ2) is 10.5. The minimum Gasteiger partial charge on any atom is -0.464 e. The molecule has 0 aliphatic heterocycles. The number of aromatic nitrogens is 3. The third-order valence-corrected chi connectivity index (χ3v) is 2.72. The number of hydrogen-bond donors (Lipinski definition) is 0. The molecule has 0 aromatic carbocycles. The zero-order valence-corrected chi connectivity index (χ0v) is 13.6. The van der Waals surface area contributed by atoms with E-state index in [9.17, 15) is 0 Å². The zero-order valence-electron chi connectivity index (χ0n) is 12.8. The van der Waals surface area contributed by atoms with Gasteiger partial charge in [-0.05, 0) is 32.4 Å². The number of rotatable bonds is 11. The minimum absolute atomic E-state index is 0.112. The van der Waals surface area contributed by atoms with Gasteiger partial charge in [0.15, 0.2) is 0 Å². The second-order valence-electron chi connectivity index (χ2n) is 4.00. The summed E-state index contributed by atoms with van der Waals surface area (Å²) in [7, 11) is 0. The summed E-state index contributed by atoms with van der Waals surface area (Å²) in [5.74, 6) is 0.470. The Morgan fingerprint density at radius 2 is 1.52 bits per heavy atom. The Morgan fingerprint density at radius 3 is 2.05 bits per heavy atom. The van der Waals surface area contributed by atoms with Crippen LogP contribution in [-0.2, 0) is 9.47 Å². The first-order valence-corrected chi connectivity index (χ1v) is 7.53. The summed E-state index contributed by atoms with van der Waals surface area (Å²) in [4.78, 5) is 14.3. The van der Waals surface area contributed by atoms with Crippen molar-refractivity contribution in [2.45, 2.75) is 20.8 Å². The van der Waals surface area contributed by atoms with Crippen molar-refractivity contribution in [2.24, 2.45) is 0 Å². The van der Waals surface area contributed by atoms with Crippen LogP contribution in [0.5, 0.6) is 6.01 Å². The van der Waals surface area contributed by atoms with Crippen LogP contribution in [0.15, 0.2) is 0 Å². The SMILES string of the molecule is CCOCCN(CCOCC)c1nc(Cl)nc(OCC)n1. The van der Waals surface area contributed by atoms with E-state index in [1.807, 2.05) is 25.7 Å². The van der Waals surface area contributed by atoms with E-state index >= 15 is 0 Å². The minimum atomic E-state index is 0.112. The molecule has 1 heterocycles. The van der Waals surface area contributed by atoms with Gasteiger partial charge in [-0.15, -0.1) is 0 Å². The van der Waals surface area contributed by atoms with E-state index in [1.165, 1.54) is 0 Å². The van der Waals surface area contributed by atoms with Gasteiger partial charge in [0.25, 0.3) is 0 Å². The highest BCUT2D eigenvalue weighted by Gasteiger charge is 2.13.